The number of fused-ring (bicyclic) bond motifs is 3. The first-order valence-corrected chi connectivity index (χ1v) is 11.7. The van der Waals surface area contributed by atoms with E-state index in [0.717, 1.165) is 78.0 Å². The van der Waals surface area contributed by atoms with E-state index in [1.807, 2.05) is 12.1 Å². The van der Waals surface area contributed by atoms with Crippen molar-refractivity contribution in [3.63, 3.8) is 0 Å². The van der Waals surface area contributed by atoms with Crippen molar-refractivity contribution in [1.82, 2.24) is 24.8 Å². The molecule has 8 heteroatoms. The van der Waals surface area contributed by atoms with Gasteiger partial charge in [0, 0.05) is 47.8 Å². The Kier molecular flexibility index (Phi) is 5.39. The highest BCUT2D eigenvalue weighted by Gasteiger charge is 2.27. The molecule has 4 aromatic rings. The number of hydrogen-bond donors (Lipinski definition) is 2. The molecule has 0 atom stereocenters. The summed E-state index contributed by atoms with van der Waals surface area (Å²) in [5.74, 6) is 0.514. The third-order valence-corrected chi connectivity index (χ3v) is 7.03. The first-order valence-electron chi connectivity index (χ1n) is 11.7. The van der Waals surface area contributed by atoms with Crippen LogP contribution >= 0.6 is 0 Å². The fraction of sp³-hybridized carbons (Fsp3) is 0.400. The molecule has 0 spiro atoms. The Labute approximate surface area is 191 Å². The number of anilines is 1. The van der Waals surface area contributed by atoms with Gasteiger partial charge in [-0.15, -0.1) is 0 Å². The zero-order valence-electron chi connectivity index (χ0n) is 18.4. The Balaban J connectivity index is 1.27. The van der Waals surface area contributed by atoms with E-state index in [-0.39, 0.29) is 5.82 Å². The van der Waals surface area contributed by atoms with Gasteiger partial charge in [-0.05, 0) is 49.4 Å². The average Bonchev–Trinajstić information content (AvgIpc) is 3.24. The molecule has 170 valence electrons. The number of morpholine rings is 1. The van der Waals surface area contributed by atoms with Gasteiger partial charge in [-0.3, -0.25) is 9.88 Å². The molecule has 1 aliphatic heterocycles. The molecule has 0 amide bonds. The van der Waals surface area contributed by atoms with Crippen LogP contribution in [0.25, 0.3) is 33.1 Å². The number of halogens is 1. The van der Waals surface area contributed by atoms with Gasteiger partial charge in [0.05, 0.1) is 24.8 Å². The highest BCUT2D eigenvalue weighted by atomic mass is 19.1. The van der Waals surface area contributed by atoms with E-state index in [4.69, 9.17) is 4.74 Å². The molecule has 6 rings (SSSR count). The largest absolute Gasteiger partial charge is 0.379 e. The number of aromatic amines is 1. The van der Waals surface area contributed by atoms with Crippen LogP contribution in [0.5, 0.6) is 0 Å². The standard InChI is InChI=1S/C25H27FN6O/c26-18-11-17(13-27-14-18)16-1-6-22-21(12-16)23-24(28-15-29-25(23)31-22)30-19-2-4-20(5-3-19)32-7-9-33-10-8-32/h1,6,11-15,19-20H,2-5,7-10H2,(H2,28,29,30,31). The minimum Gasteiger partial charge on any atom is -0.379 e. The Hall–Kier alpha value is -3.10. The second-order valence-corrected chi connectivity index (χ2v) is 9.02. The van der Waals surface area contributed by atoms with Gasteiger partial charge in [-0.1, -0.05) is 6.07 Å². The van der Waals surface area contributed by atoms with Crippen molar-refractivity contribution in [2.45, 2.75) is 37.8 Å². The number of rotatable bonds is 4. The van der Waals surface area contributed by atoms with Crippen LogP contribution < -0.4 is 5.32 Å². The predicted molar refractivity (Wildman–Crippen MR) is 127 cm³/mol. The molecule has 2 aliphatic rings. The summed E-state index contributed by atoms with van der Waals surface area (Å²) in [6.07, 6.45) is 9.13. The predicted octanol–water partition coefficient (Wildman–Crippen LogP) is 4.37. The van der Waals surface area contributed by atoms with Crippen LogP contribution in [0.3, 0.4) is 0 Å². The van der Waals surface area contributed by atoms with Crippen molar-refractivity contribution in [3.8, 4) is 11.1 Å². The summed E-state index contributed by atoms with van der Waals surface area (Å²) in [6, 6.07) is 8.60. The Morgan fingerprint density at radius 1 is 1.00 bits per heavy atom. The fourth-order valence-corrected chi connectivity index (χ4v) is 5.30. The molecule has 1 saturated heterocycles. The number of nitrogens with one attached hydrogen (secondary N) is 2. The van der Waals surface area contributed by atoms with Crippen molar-refractivity contribution in [2.24, 2.45) is 0 Å². The van der Waals surface area contributed by atoms with E-state index in [0.29, 0.717) is 12.1 Å². The Morgan fingerprint density at radius 3 is 2.67 bits per heavy atom. The van der Waals surface area contributed by atoms with Gasteiger partial charge in [-0.2, -0.15) is 0 Å². The lowest BCUT2D eigenvalue weighted by Crippen LogP contribution is -2.46. The van der Waals surface area contributed by atoms with Crippen molar-refractivity contribution >= 4 is 27.8 Å². The van der Waals surface area contributed by atoms with Gasteiger partial charge in [0.2, 0.25) is 0 Å². The van der Waals surface area contributed by atoms with Crippen LogP contribution in [0.1, 0.15) is 25.7 Å². The smallest absolute Gasteiger partial charge is 0.143 e. The number of H-pyrrole nitrogens is 1. The molecule has 33 heavy (non-hydrogen) atoms. The van der Waals surface area contributed by atoms with Crippen LogP contribution in [0.15, 0.2) is 43.0 Å². The molecule has 2 N–H and O–H groups in total. The van der Waals surface area contributed by atoms with E-state index >= 15 is 0 Å². The summed E-state index contributed by atoms with van der Waals surface area (Å²) >= 11 is 0. The van der Waals surface area contributed by atoms with Gasteiger partial charge in [0.25, 0.3) is 0 Å². The molecule has 4 heterocycles. The number of pyridine rings is 1. The van der Waals surface area contributed by atoms with E-state index < -0.39 is 0 Å². The number of benzene rings is 1. The second kappa shape index (κ2) is 8.68. The highest BCUT2D eigenvalue weighted by molar-refractivity contribution is 6.12. The molecule has 2 fully saturated rings. The first kappa shape index (κ1) is 20.5. The first-order chi connectivity index (χ1) is 16.2. The maximum Gasteiger partial charge on any atom is 0.143 e. The SMILES string of the molecule is Fc1cncc(-c2ccc3[nH]c4ncnc(NC5CCC(N6CCOCC6)CC5)c4c3c2)c1. The maximum absolute atomic E-state index is 13.7. The lowest BCUT2D eigenvalue weighted by atomic mass is 9.90. The molecule has 0 unspecified atom stereocenters. The number of aromatic nitrogens is 4. The van der Waals surface area contributed by atoms with Crippen molar-refractivity contribution in [1.29, 1.82) is 0 Å². The van der Waals surface area contributed by atoms with Gasteiger partial charge < -0.3 is 15.0 Å². The summed E-state index contributed by atoms with van der Waals surface area (Å²) in [4.78, 5) is 19.1. The number of hydrogen-bond acceptors (Lipinski definition) is 6. The minimum absolute atomic E-state index is 0.343. The van der Waals surface area contributed by atoms with Crippen LogP contribution in [-0.4, -0.2) is 63.2 Å². The summed E-state index contributed by atoms with van der Waals surface area (Å²) in [6.45, 7) is 3.80. The molecule has 0 radical (unpaired) electrons. The van der Waals surface area contributed by atoms with Gasteiger partial charge in [-0.25, -0.2) is 14.4 Å². The van der Waals surface area contributed by atoms with E-state index in [1.54, 1.807) is 12.5 Å². The third kappa shape index (κ3) is 4.05. The van der Waals surface area contributed by atoms with Crippen molar-refractivity contribution < 1.29 is 9.13 Å². The van der Waals surface area contributed by atoms with Crippen molar-refractivity contribution in [2.75, 3.05) is 31.6 Å². The Morgan fingerprint density at radius 2 is 1.85 bits per heavy atom. The van der Waals surface area contributed by atoms with Crippen LogP contribution in [-0.2, 0) is 4.74 Å². The van der Waals surface area contributed by atoms with Crippen LogP contribution in [0, 0.1) is 5.82 Å². The number of ether oxygens (including phenoxy) is 1. The molecule has 1 saturated carbocycles. The zero-order valence-corrected chi connectivity index (χ0v) is 18.4. The lowest BCUT2D eigenvalue weighted by molar-refractivity contribution is 0.00791. The van der Waals surface area contributed by atoms with E-state index in [2.05, 4.69) is 36.2 Å². The summed E-state index contributed by atoms with van der Waals surface area (Å²) in [5.41, 5.74) is 3.45. The van der Waals surface area contributed by atoms with E-state index in [1.165, 1.54) is 25.1 Å². The van der Waals surface area contributed by atoms with E-state index in [9.17, 15) is 4.39 Å². The van der Waals surface area contributed by atoms with Gasteiger partial charge in [0.15, 0.2) is 0 Å². The fourth-order valence-electron chi connectivity index (χ4n) is 5.30. The van der Waals surface area contributed by atoms with Gasteiger partial charge in [0.1, 0.15) is 23.6 Å². The number of nitrogens with zero attached hydrogens (tertiary/aromatic N) is 4. The molecular formula is C25H27FN6O. The molecule has 1 aliphatic carbocycles. The minimum atomic E-state index is -0.343. The topological polar surface area (TPSA) is 79.0 Å². The van der Waals surface area contributed by atoms with Gasteiger partial charge >= 0.3 is 0 Å². The molecular weight excluding hydrogens is 419 g/mol. The lowest BCUT2D eigenvalue weighted by Gasteiger charge is -2.39. The molecule has 7 nitrogen and oxygen atoms in total. The average molecular weight is 447 g/mol. The monoisotopic (exact) mass is 446 g/mol. The van der Waals surface area contributed by atoms with Crippen molar-refractivity contribution in [3.05, 3.63) is 48.8 Å². The summed E-state index contributed by atoms with van der Waals surface area (Å²) in [7, 11) is 0. The second-order valence-electron chi connectivity index (χ2n) is 9.02. The molecule has 3 aromatic heterocycles. The van der Waals surface area contributed by atoms with Crippen LogP contribution in [0.4, 0.5) is 10.2 Å². The normalized spacial score (nSPS) is 22.1. The Bertz CT molecular complexity index is 1280. The highest BCUT2D eigenvalue weighted by Crippen LogP contribution is 2.34. The maximum atomic E-state index is 13.7. The molecule has 1 aromatic carbocycles. The summed E-state index contributed by atoms with van der Waals surface area (Å²) in [5, 5.41) is 5.71. The third-order valence-electron chi connectivity index (χ3n) is 7.03. The van der Waals surface area contributed by atoms with Crippen LogP contribution in [0.2, 0.25) is 0 Å². The quantitative estimate of drug-likeness (QED) is 0.485. The molecule has 0 bridgehead atoms. The zero-order chi connectivity index (χ0) is 22.2. The summed E-state index contributed by atoms with van der Waals surface area (Å²) < 4.78 is 19.2.